The van der Waals surface area contributed by atoms with Crippen molar-refractivity contribution >= 4 is 17.5 Å². The molecule has 2 amide bonds. The van der Waals surface area contributed by atoms with E-state index >= 15 is 0 Å². The van der Waals surface area contributed by atoms with Gasteiger partial charge in [-0.05, 0) is 47.5 Å². The summed E-state index contributed by atoms with van der Waals surface area (Å²) >= 11 is 0. The molecular formula is C28H28FN3O4. The molecule has 0 unspecified atom stereocenters. The van der Waals surface area contributed by atoms with E-state index in [0.717, 1.165) is 11.1 Å². The van der Waals surface area contributed by atoms with Crippen LogP contribution in [0, 0.1) is 5.82 Å². The highest BCUT2D eigenvalue weighted by atomic mass is 19.1. The molecule has 1 heterocycles. The molecule has 0 radical (unpaired) electrons. The second-order valence-electron chi connectivity index (χ2n) is 8.37. The Bertz CT molecular complexity index is 1210. The van der Waals surface area contributed by atoms with E-state index in [1.54, 1.807) is 50.6 Å². The van der Waals surface area contributed by atoms with Gasteiger partial charge >= 0.3 is 0 Å². The number of ether oxygens (including phenoxy) is 2. The van der Waals surface area contributed by atoms with Crippen molar-refractivity contribution in [1.82, 2.24) is 9.91 Å². The number of hydrogen-bond donors (Lipinski definition) is 0. The van der Waals surface area contributed by atoms with E-state index in [-0.39, 0.29) is 43.4 Å². The van der Waals surface area contributed by atoms with Gasteiger partial charge in [0, 0.05) is 25.6 Å². The first-order chi connectivity index (χ1) is 17.5. The summed E-state index contributed by atoms with van der Waals surface area (Å²) < 4.78 is 23.8. The van der Waals surface area contributed by atoms with Gasteiger partial charge in [-0.2, -0.15) is 5.10 Å². The SMILES string of the molecule is COCCN(CC(=O)N1N=C(c2ccc(F)cc2)C[C@H]1c1ccccc1)C(=O)c1ccc(OC)cc1. The van der Waals surface area contributed by atoms with Crippen LogP contribution in [0.4, 0.5) is 4.39 Å². The highest BCUT2D eigenvalue weighted by Crippen LogP contribution is 2.33. The molecule has 0 spiro atoms. The Morgan fingerprint density at radius 2 is 1.69 bits per heavy atom. The minimum Gasteiger partial charge on any atom is -0.497 e. The molecule has 0 bridgehead atoms. The number of carbonyl (C=O) groups excluding carboxylic acids is 2. The summed E-state index contributed by atoms with van der Waals surface area (Å²) in [5.41, 5.74) is 2.80. The molecule has 0 saturated heterocycles. The van der Waals surface area contributed by atoms with E-state index < -0.39 is 0 Å². The lowest BCUT2D eigenvalue weighted by atomic mass is 9.98. The van der Waals surface area contributed by atoms with E-state index in [4.69, 9.17) is 9.47 Å². The van der Waals surface area contributed by atoms with Gasteiger partial charge in [0.2, 0.25) is 0 Å². The van der Waals surface area contributed by atoms with Crippen LogP contribution in [0.2, 0.25) is 0 Å². The van der Waals surface area contributed by atoms with E-state index in [0.29, 0.717) is 23.4 Å². The summed E-state index contributed by atoms with van der Waals surface area (Å²) in [4.78, 5) is 28.3. The third-order valence-corrected chi connectivity index (χ3v) is 6.04. The number of hydrogen-bond acceptors (Lipinski definition) is 5. The highest BCUT2D eigenvalue weighted by Gasteiger charge is 2.34. The van der Waals surface area contributed by atoms with Crippen LogP contribution >= 0.6 is 0 Å². The third-order valence-electron chi connectivity index (χ3n) is 6.04. The predicted octanol–water partition coefficient (Wildman–Crippen LogP) is 4.30. The fraction of sp³-hybridized carbons (Fsp3) is 0.250. The van der Waals surface area contributed by atoms with Crippen LogP contribution in [-0.2, 0) is 9.53 Å². The van der Waals surface area contributed by atoms with Crippen molar-refractivity contribution in [3.05, 3.63) is 101 Å². The summed E-state index contributed by atoms with van der Waals surface area (Å²) in [5, 5.41) is 6.07. The number of hydrazone groups is 1. The molecule has 0 aromatic heterocycles. The van der Waals surface area contributed by atoms with Crippen molar-refractivity contribution in [2.24, 2.45) is 5.10 Å². The second kappa shape index (κ2) is 11.6. The topological polar surface area (TPSA) is 71.4 Å². The van der Waals surface area contributed by atoms with Crippen molar-refractivity contribution in [2.45, 2.75) is 12.5 Å². The van der Waals surface area contributed by atoms with Crippen molar-refractivity contribution < 1.29 is 23.5 Å². The standard InChI is InChI=1S/C28H28FN3O4/c1-35-17-16-31(28(34)22-10-14-24(36-2)15-11-22)19-27(33)32-26(21-6-4-3-5-7-21)18-25(30-32)20-8-12-23(29)13-9-20/h3-15,26H,16-19H2,1-2H3/t26-/m0/s1. The Morgan fingerprint density at radius 3 is 2.33 bits per heavy atom. The fourth-order valence-corrected chi connectivity index (χ4v) is 4.10. The predicted molar refractivity (Wildman–Crippen MR) is 134 cm³/mol. The molecule has 1 aliphatic rings. The molecule has 1 atom stereocenters. The average Bonchev–Trinajstić information content (AvgIpc) is 3.37. The Hall–Kier alpha value is -4.04. The summed E-state index contributed by atoms with van der Waals surface area (Å²) in [7, 11) is 3.10. The van der Waals surface area contributed by atoms with Crippen LogP contribution in [0.15, 0.2) is 84.0 Å². The van der Waals surface area contributed by atoms with Gasteiger partial charge in [0.15, 0.2) is 0 Å². The van der Waals surface area contributed by atoms with E-state index in [1.165, 1.54) is 22.0 Å². The van der Waals surface area contributed by atoms with Crippen molar-refractivity contribution in [3.63, 3.8) is 0 Å². The van der Waals surface area contributed by atoms with Crippen LogP contribution in [0.5, 0.6) is 5.75 Å². The van der Waals surface area contributed by atoms with Gasteiger partial charge in [-0.1, -0.05) is 42.5 Å². The number of carbonyl (C=O) groups is 2. The molecule has 1 aliphatic heterocycles. The Morgan fingerprint density at radius 1 is 1.00 bits per heavy atom. The first-order valence-corrected chi connectivity index (χ1v) is 11.6. The average molecular weight is 490 g/mol. The Labute approximate surface area is 209 Å². The van der Waals surface area contributed by atoms with Gasteiger partial charge in [0.25, 0.3) is 11.8 Å². The highest BCUT2D eigenvalue weighted by molar-refractivity contribution is 6.03. The van der Waals surface area contributed by atoms with Gasteiger partial charge in [-0.15, -0.1) is 0 Å². The molecule has 0 N–H and O–H groups in total. The van der Waals surface area contributed by atoms with Gasteiger partial charge in [-0.25, -0.2) is 9.40 Å². The van der Waals surface area contributed by atoms with Gasteiger partial charge < -0.3 is 14.4 Å². The van der Waals surface area contributed by atoms with Crippen LogP contribution < -0.4 is 4.74 Å². The quantitative estimate of drug-likeness (QED) is 0.449. The summed E-state index contributed by atoms with van der Waals surface area (Å²) in [5.74, 6) is -0.313. The molecule has 36 heavy (non-hydrogen) atoms. The molecule has 0 fully saturated rings. The maximum Gasteiger partial charge on any atom is 0.262 e. The van der Waals surface area contributed by atoms with E-state index in [9.17, 15) is 14.0 Å². The number of nitrogens with zero attached hydrogens (tertiary/aromatic N) is 3. The molecule has 186 valence electrons. The first kappa shape index (κ1) is 25.1. The van der Waals surface area contributed by atoms with Crippen LogP contribution in [0.3, 0.4) is 0 Å². The number of halogens is 1. The largest absolute Gasteiger partial charge is 0.497 e. The smallest absolute Gasteiger partial charge is 0.262 e. The maximum absolute atomic E-state index is 13.6. The Balaban J connectivity index is 1.60. The first-order valence-electron chi connectivity index (χ1n) is 11.6. The number of amides is 2. The molecule has 8 heteroatoms. The summed E-state index contributed by atoms with van der Waals surface area (Å²) in [6.45, 7) is 0.352. The monoisotopic (exact) mass is 489 g/mol. The van der Waals surface area contributed by atoms with Gasteiger partial charge in [-0.3, -0.25) is 9.59 Å². The van der Waals surface area contributed by atoms with Crippen LogP contribution in [0.25, 0.3) is 0 Å². The lowest BCUT2D eigenvalue weighted by Gasteiger charge is -2.27. The Kier molecular flexibility index (Phi) is 8.07. The second-order valence-corrected chi connectivity index (χ2v) is 8.37. The molecule has 0 saturated carbocycles. The zero-order chi connectivity index (χ0) is 25.5. The summed E-state index contributed by atoms with van der Waals surface area (Å²) in [6, 6.07) is 22.1. The lowest BCUT2D eigenvalue weighted by Crippen LogP contribution is -2.42. The molecule has 3 aromatic carbocycles. The minimum atomic E-state index is -0.337. The van der Waals surface area contributed by atoms with Gasteiger partial charge in [0.1, 0.15) is 18.1 Å². The molecular weight excluding hydrogens is 461 g/mol. The van der Waals surface area contributed by atoms with Crippen LogP contribution in [0.1, 0.15) is 33.9 Å². The zero-order valence-corrected chi connectivity index (χ0v) is 20.3. The van der Waals surface area contributed by atoms with Crippen molar-refractivity contribution in [2.75, 3.05) is 33.9 Å². The zero-order valence-electron chi connectivity index (χ0n) is 20.3. The molecule has 3 aromatic rings. The number of rotatable bonds is 9. The fourth-order valence-electron chi connectivity index (χ4n) is 4.10. The summed E-state index contributed by atoms with van der Waals surface area (Å²) in [6.07, 6.45) is 0.478. The normalized spacial score (nSPS) is 14.9. The van der Waals surface area contributed by atoms with Crippen LogP contribution in [-0.4, -0.2) is 61.4 Å². The number of methoxy groups -OCH3 is 2. The minimum absolute atomic E-state index is 0.169. The van der Waals surface area contributed by atoms with Crippen molar-refractivity contribution in [1.29, 1.82) is 0 Å². The number of benzene rings is 3. The molecule has 4 rings (SSSR count). The lowest BCUT2D eigenvalue weighted by molar-refractivity contribution is -0.133. The van der Waals surface area contributed by atoms with Crippen molar-refractivity contribution in [3.8, 4) is 5.75 Å². The van der Waals surface area contributed by atoms with E-state index in [2.05, 4.69) is 5.10 Å². The third kappa shape index (κ3) is 5.78. The van der Waals surface area contributed by atoms with Gasteiger partial charge in [0.05, 0.1) is 25.5 Å². The molecule has 0 aliphatic carbocycles. The maximum atomic E-state index is 13.6. The molecule has 7 nitrogen and oxygen atoms in total. The van der Waals surface area contributed by atoms with E-state index in [1.807, 2.05) is 30.3 Å².